The molecule has 1 aliphatic rings. The third kappa shape index (κ3) is 17.2. The molecule has 0 aliphatic carbocycles. The van der Waals surface area contributed by atoms with Gasteiger partial charge in [-0.15, -0.1) is 0 Å². The average molecular weight is 900 g/mol. The third-order valence-corrected chi connectivity index (χ3v) is 11.2. The maximum absolute atomic E-state index is 14.8. The van der Waals surface area contributed by atoms with Crippen molar-refractivity contribution in [2.45, 2.75) is 149 Å². The van der Waals surface area contributed by atoms with Crippen LogP contribution in [0.2, 0.25) is 0 Å². The van der Waals surface area contributed by atoms with Gasteiger partial charge in [0.1, 0.15) is 24.2 Å². The molecule has 6 atom stereocenters. The predicted octanol–water partition coefficient (Wildman–Crippen LogP) is 2.42. The van der Waals surface area contributed by atoms with Crippen molar-refractivity contribution in [1.82, 2.24) is 35.1 Å². The summed E-state index contributed by atoms with van der Waals surface area (Å²) in [4.78, 5) is 117. The molecule has 0 saturated carbocycles. The van der Waals surface area contributed by atoms with Crippen LogP contribution in [0.5, 0.6) is 0 Å². The normalized spacial score (nSPS) is 15.8. The molecule has 1 fully saturated rings. The topological polar surface area (TPSA) is 206 Å². The summed E-state index contributed by atoms with van der Waals surface area (Å²) in [6.45, 7) is 16.6. The van der Waals surface area contributed by atoms with Gasteiger partial charge in [-0.3, -0.25) is 33.6 Å². The van der Waals surface area contributed by atoms with Crippen LogP contribution in [-0.2, 0) is 49.5 Å². The van der Waals surface area contributed by atoms with E-state index >= 15 is 0 Å². The SMILES string of the molecule is CCCN(CC(=O)N(C)[C@@H](CC(C)C)C(=O)NC(COC(C)(C)C)C(=O)N(C)[C@@H](Cc1ccccc1)C(=O)N(C)C(C(=O)N[C@@H](C=O)C(=O)N1CCCCC1)C(C)C)C(=O)C[C@@H](C)O. The number of aldehydes is 1. The van der Waals surface area contributed by atoms with Crippen LogP contribution < -0.4 is 10.6 Å². The summed E-state index contributed by atoms with van der Waals surface area (Å²) in [5, 5.41) is 15.2. The Balaban J connectivity index is 2.53. The van der Waals surface area contributed by atoms with Gasteiger partial charge in [0.15, 0.2) is 12.3 Å². The fraction of sp³-hybridized carbons (Fsp3) is 0.702. The maximum Gasteiger partial charge on any atom is 0.252 e. The third-order valence-electron chi connectivity index (χ3n) is 11.2. The Hall–Kier alpha value is -4.90. The second kappa shape index (κ2) is 26.2. The molecule has 1 aliphatic heterocycles. The van der Waals surface area contributed by atoms with Crippen molar-refractivity contribution in [3.63, 3.8) is 0 Å². The van der Waals surface area contributed by atoms with E-state index in [1.165, 1.54) is 47.7 Å². The lowest BCUT2D eigenvalue weighted by Gasteiger charge is -2.38. The standard InChI is InChI=1S/C47H77N7O10/c1-13-22-54(39(57)26-33(6)56)28-40(58)50(10)37(25-31(2)3)42(59)49-36(30-64-47(7,8)9)44(61)51(11)38(27-34-20-16-14-17-21-34)46(63)52(12)41(32(4)5)43(60)48-35(29-55)45(62)53-23-18-15-19-24-53/h14,16-17,20-21,29,31-33,35-38,41,56H,13,15,18-19,22-28,30H2,1-12H3,(H,48,60)(H,49,59)/t33-,35+,36?,37+,38+,41?/m1/s1. The lowest BCUT2D eigenvalue weighted by Crippen LogP contribution is -2.62. The molecule has 7 amide bonds. The second-order valence-electron chi connectivity index (χ2n) is 18.8. The molecule has 1 heterocycles. The molecule has 2 unspecified atom stereocenters. The number of benzene rings is 1. The molecule has 17 nitrogen and oxygen atoms in total. The molecule has 3 N–H and O–H groups in total. The highest BCUT2D eigenvalue weighted by Crippen LogP contribution is 2.20. The molecular weight excluding hydrogens is 823 g/mol. The summed E-state index contributed by atoms with van der Waals surface area (Å²) in [6, 6.07) is 2.82. The fourth-order valence-corrected chi connectivity index (χ4v) is 7.68. The van der Waals surface area contributed by atoms with Gasteiger partial charge >= 0.3 is 0 Å². The van der Waals surface area contributed by atoms with Crippen LogP contribution in [0.1, 0.15) is 106 Å². The highest BCUT2D eigenvalue weighted by Gasteiger charge is 2.41. The molecule has 17 heteroatoms. The van der Waals surface area contributed by atoms with E-state index in [-0.39, 0.29) is 44.9 Å². The van der Waals surface area contributed by atoms with Gasteiger partial charge in [0.05, 0.1) is 31.3 Å². The number of rotatable bonds is 24. The minimum Gasteiger partial charge on any atom is -0.393 e. The van der Waals surface area contributed by atoms with Gasteiger partial charge in [0.2, 0.25) is 35.4 Å². The van der Waals surface area contributed by atoms with Crippen LogP contribution in [0.4, 0.5) is 0 Å². The number of aliphatic hydroxyl groups excluding tert-OH is 1. The minimum atomic E-state index is -1.44. The molecule has 0 radical (unpaired) electrons. The number of nitrogens with zero attached hydrogens (tertiary/aromatic N) is 5. The second-order valence-corrected chi connectivity index (χ2v) is 18.8. The van der Waals surface area contributed by atoms with Gasteiger partial charge in [-0.25, -0.2) is 0 Å². The summed E-state index contributed by atoms with van der Waals surface area (Å²) >= 11 is 0. The Morgan fingerprint density at radius 3 is 1.94 bits per heavy atom. The number of ether oxygens (including phenoxy) is 1. The number of amides is 7. The van der Waals surface area contributed by atoms with Gasteiger partial charge in [-0.05, 0) is 77.2 Å². The van der Waals surface area contributed by atoms with Crippen molar-refractivity contribution in [3.05, 3.63) is 35.9 Å². The molecule has 0 spiro atoms. The van der Waals surface area contributed by atoms with Crippen molar-refractivity contribution in [1.29, 1.82) is 0 Å². The molecule has 1 aromatic carbocycles. The average Bonchev–Trinajstić information content (AvgIpc) is 3.23. The lowest BCUT2D eigenvalue weighted by molar-refractivity contribution is -0.152. The number of nitrogens with one attached hydrogen (secondary N) is 2. The highest BCUT2D eigenvalue weighted by molar-refractivity contribution is 6.01. The van der Waals surface area contributed by atoms with Crippen LogP contribution in [0.25, 0.3) is 0 Å². The number of aliphatic hydroxyl groups is 1. The number of hydrogen-bond donors (Lipinski definition) is 3. The van der Waals surface area contributed by atoms with Crippen LogP contribution in [0.15, 0.2) is 30.3 Å². The molecule has 2 rings (SSSR count). The van der Waals surface area contributed by atoms with Crippen LogP contribution in [-0.4, -0.2) is 173 Å². The van der Waals surface area contributed by atoms with Crippen molar-refractivity contribution < 1.29 is 48.2 Å². The van der Waals surface area contributed by atoms with E-state index in [1.807, 2.05) is 26.8 Å². The Kier molecular flexibility index (Phi) is 22.6. The summed E-state index contributed by atoms with van der Waals surface area (Å²) < 4.78 is 6.07. The van der Waals surface area contributed by atoms with Gasteiger partial charge in [0, 0.05) is 47.2 Å². The Labute approximate surface area is 380 Å². The van der Waals surface area contributed by atoms with E-state index in [1.54, 1.807) is 63.8 Å². The number of likely N-dealkylation sites (tertiary alicyclic amines) is 1. The largest absolute Gasteiger partial charge is 0.393 e. The Morgan fingerprint density at radius 2 is 1.42 bits per heavy atom. The summed E-state index contributed by atoms with van der Waals surface area (Å²) in [5.41, 5.74) is -0.0420. The summed E-state index contributed by atoms with van der Waals surface area (Å²) in [7, 11) is 4.35. The first kappa shape index (κ1) is 55.2. The van der Waals surface area contributed by atoms with Crippen LogP contribution in [0.3, 0.4) is 0 Å². The van der Waals surface area contributed by atoms with Crippen LogP contribution in [0, 0.1) is 11.8 Å². The van der Waals surface area contributed by atoms with Crippen molar-refractivity contribution in [2.24, 2.45) is 11.8 Å². The Morgan fingerprint density at radius 1 is 0.812 bits per heavy atom. The molecule has 0 aromatic heterocycles. The monoisotopic (exact) mass is 900 g/mol. The lowest BCUT2D eigenvalue weighted by atomic mass is 9.98. The van der Waals surface area contributed by atoms with Gasteiger partial charge in [0.25, 0.3) is 5.91 Å². The van der Waals surface area contributed by atoms with E-state index in [4.69, 9.17) is 4.74 Å². The molecular formula is C47H77N7O10. The quantitative estimate of drug-likeness (QED) is 0.102. The summed E-state index contributed by atoms with van der Waals surface area (Å²) in [5.74, 6) is -4.59. The molecule has 360 valence electrons. The first-order valence-electron chi connectivity index (χ1n) is 22.7. The molecule has 64 heavy (non-hydrogen) atoms. The number of piperidine rings is 1. The van der Waals surface area contributed by atoms with E-state index in [0.29, 0.717) is 31.4 Å². The smallest absolute Gasteiger partial charge is 0.252 e. The van der Waals surface area contributed by atoms with E-state index < -0.39 is 89.2 Å². The maximum atomic E-state index is 14.8. The van der Waals surface area contributed by atoms with E-state index in [2.05, 4.69) is 10.6 Å². The van der Waals surface area contributed by atoms with Crippen molar-refractivity contribution in [2.75, 3.05) is 53.9 Å². The van der Waals surface area contributed by atoms with Gasteiger partial charge in [-0.1, -0.05) is 65.0 Å². The first-order chi connectivity index (χ1) is 29.9. The minimum absolute atomic E-state index is 0.0269. The number of carbonyl (C=O) groups is 8. The van der Waals surface area contributed by atoms with Gasteiger partial charge < -0.3 is 49.8 Å². The van der Waals surface area contributed by atoms with Crippen molar-refractivity contribution >= 4 is 47.6 Å². The Bertz CT molecular complexity index is 1710. The summed E-state index contributed by atoms with van der Waals surface area (Å²) in [6.07, 6.45) is 2.70. The zero-order valence-electron chi connectivity index (χ0n) is 40.4. The van der Waals surface area contributed by atoms with Crippen LogP contribution >= 0.6 is 0 Å². The number of hydrogen-bond acceptors (Lipinski definition) is 10. The van der Waals surface area contributed by atoms with E-state index in [9.17, 15) is 43.5 Å². The van der Waals surface area contributed by atoms with E-state index in [0.717, 1.165) is 19.3 Å². The number of carbonyl (C=O) groups excluding carboxylic acids is 8. The zero-order chi connectivity index (χ0) is 48.5. The molecule has 0 bridgehead atoms. The zero-order valence-corrected chi connectivity index (χ0v) is 40.4. The molecule has 1 aromatic rings. The predicted molar refractivity (Wildman–Crippen MR) is 243 cm³/mol. The van der Waals surface area contributed by atoms with Gasteiger partial charge in [-0.2, -0.15) is 0 Å². The fourth-order valence-electron chi connectivity index (χ4n) is 7.68. The highest BCUT2D eigenvalue weighted by atomic mass is 16.5. The number of likely N-dealkylation sites (N-methyl/N-ethyl adjacent to an activating group) is 3. The molecule has 1 saturated heterocycles. The first-order valence-corrected chi connectivity index (χ1v) is 22.7. The van der Waals surface area contributed by atoms with Crippen molar-refractivity contribution in [3.8, 4) is 0 Å².